The van der Waals surface area contributed by atoms with Crippen LogP contribution in [0.1, 0.15) is 12.5 Å². The molecule has 6 heteroatoms. The highest BCUT2D eigenvalue weighted by Crippen LogP contribution is 2.26. The van der Waals surface area contributed by atoms with E-state index in [1.165, 1.54) is 0 Å². The summed E-state index contributed by atoms with van der Waals surface area (Å²) in [6.45, 7) is 1.74. The zero-order valence-electron chi connectivity index (χ0n) is 7.84. The lowest BCUT2D eigenvalue weighted by molar-refractivity contribution is -0.388. The second-order valence-electron chi connectivity index (χ2n) is 3.14. The minimum Gasteiger partial charge on any atom is -0.258 e. The summed E-state index contributed by atoms with van der Waals surface area (Å²) in [7, 11) is 0. The summed E-state index contributed by atoms with van der Waals surface area (Å²) in [5, 5.41) is 10.6. The van der Waals surface area contributed by atoms with Crippen LogP contribution in [-0.4, -0.2) is 9.75 Å². The highest BCUT2D eigenvalue weighted by atomic mass is 79.9. The molecule has 0 saturated heterocycles. The van der Waals surface area contributed by atoms with Gasteiger partial charge in [0.1, 0.15) is 5.82 Å². The molecular weight excluding hydrogens is 272 g/mol. The lowest BCUT2D eigenvalue weighted by Crippen LogP contribution is -2.04. The van der Waals surface area contributed by atoms with Crippen molar-refractivity contribution < 1.29 is 13.7 Å². The highest BCUT2D eigenvalue weighted by Gasteiger charge is 2.22. The normalized spacial score (nSPS) is 12.5. The van der Waals surface area contributed by atoms with Gasteiger partial charge in [-0.05, 0) is 12.5 Å². The molecule has 82 valence electrons. The molecule has 0 heterocycles. The zero-order valence-corrected chi connectivity index (χ0v) is 9.42. The number of benzene rings is 1. The summed E-state index contributed by atoms with van der Waals surface area (Å²) in [5.41, 5.74) is -0.593. The second-order valence-corrected chi connectivity index (χ2v) is 4.70. The van der Waals surface area contributed by atoms with Crippen LogP contribution < -0.4 is 0 Å². The topological polar surface area (TPSA) is 43.1 Å². The first-order valence-corrected chi connectivity index (χ1v) is 5.09. The molecule has 0 N–H and O–H groups in total. The third-order valence-corrected chi connectivity index (χ3v) is 2.11. The van der Waals surface area contributed by atoms with Gasteiger partial charge in [-0.25, -0.2) is 4.39 Å². The Bertz CT molecular complexity index is 396. The van der Waals surface area contributed by atoms with Crippen molar-refractivity contribution in [3.8, 4) is 0 Å². The average molecular weight is 280 g/mol. The molecule has 0 spiro atoms. The van der Waals surface area contributed by atoms with E-state index in [4.69, 9.17) is 0 Å². The van der Waals surface area contributed by atoms with Crippen molar-refractivity contribution >= 4 is 21.6 Å². The summed E-state index contributed by atoms with van der Waals surface area (Å²) in [5.74, 6) is -1.94. The number of alkyl halides is 1. The molecular formula is C9H8BrF2NO2. The lowest BCUT2D eigenvalue weighted by atomic mass is 10.1. The van der Waals surface area contributed by atoms with E-state index < -0.39 is 22.2 Å². The molecule has 1 rings (SSSR count). The van der Waals surface area contributed by atoms with Crippen LogP contribution in [0.25, 0.3) is 0 Å². The van der Waals surface area contributed by atoms with E-state index in [-0.39, 0.29) is 16.8 Å². The fourth-order valence-electron chi connectivity index (χ4n) is 1.28. The number of hydrogen-bond donors (Lipinski definition) is 0. The molecule has 1 aromatic carbocycles. The maximum atomic E-state index is 13.1. The van der Waals surface area contributed by atoms with Gasteiger partial charge in [0.05, 0.1) is 4.92 Å². The van der Waals surface area contributed by atoms with Crippen molar-refractivity contribution in [1.29, 1.82) is 0 Å². The van der Waals surface area contributed by atoms with Crippen molar-refractivity contribution in [2.24, 2.45) is 0 Å². The Morgan fingerprint density at radius 2 is 2.13 bits per heavy atom. The molecule has 1 unspecified atom stereocenters. The molecule has 0 amide bonds. The van der Waals surface area contributed by atoms with Crippen molar-refractivity contribution in [2.45, 2.75) is 18.2 Å². The number of rotatable bonds is 3. The maximum absolute atomic E-state index is 13.1. The Labute approximate surface area is 93.4 Å². The van der Waals surface area contributed by atoms with E-state index in [1.54, 1.807) is 6.92 Å². The quantitative estimate of drug-likeness (QED) is 0.484. The molecule has 1 aromatic rings. The lowest BCUT2D eigenvalue weighted by Gasteiger charge is -2.05. The molecule has 15 heavy (non-hydrogen) atoms. The summed E-state index contributed by atoms with van der Waals surface area (Å²) in [6.07, 6.45) is 0.199. The number of hydrogen-bond acceptors (Lipinski definition) is 2. The monoisotopic (exact) mass is 279 g/mol. The predicted molar refractivity (Wildman–Crippen MR) is 55.1 cm³/mol. The summed E-state index contributed by atoms with van der Waals surface area (Å²) >= 11 is 3.18. The smallest absolute Gasteiger partial charge is 0.258 e. The SMILES string of the molecule is CC(Br)Cc1cc(F)cc(F)c1[N+](=O)[O-]. The molecule has 3 nitrogen and oxygen atoms in total. The van der Waals surface area contributed by atoms with Gasteiger partial charge in [0.2, 0.25) is 5.82 Å². The predicted octanol–water partition coefficient (Wildman–Crippen LogP) is 3.20. The van der Waals surface area contributed by atoms with Crippen LogP contribution in [0.15, 0.2) is 12.1 Å². The third kappa shape index (κ3) is 2.95. The van der Waals surface area contributed by atoms with Crippen LogP contribution in [0.5, 0.6) is 0 Å². The van der Waals surface area contributed by atoms with Crippen LogP contribution in [0, 0.1) is 21.7 Å². The molecule has 0 fully saturated rings. The number of nitro benzene ring substituents is 1. The van der Waals surface area contributed by atoms with Crippen molar-refractivity contribution in [2.75, 3.05) is 0 Å². The first-order valence-electron chi connectivity index (χ1n) is 4.18. The van der Waals surface area contributed by atoms with E-state index in [1.807, 2.05) is 0 Å². The van der Waals surface area contributed by atoms with Crippen LogP contribution in [-0.2, 0) is 6.42 Å². The second kappa shape index (κ2) is 4.65. The van der Waals surface area contributed by atoms with E-state index in [2.05, 4.69) is 15.9 Å². The standard InChI is InChI=1S/C9H8BrF2NO2/c1-5(10)2-6-3-7(11)4-8(12)9(6)13(14)15/h3-5H,2H2,1H3. The summed E-state index contributed by atoms with van der Waals surface area (Å²) < 4.78 is 26.0. The molecule has 0 aliphatic rings. The van der Waals surface area contributed by atoms with E-state index in [0.29, 0.717) is 6.07 Å². The van der Waals surface area contributed by atoms with Gasteiger partial charge >= 0.3 is 5.69 Å². The number of nitro groups is 1. The Morgan fingerprint density at radius 1 is 1.53 bits per heavy atom. The molecule has 0 radical (unpaired) electrons. The van der Waals surface area contributed by atoms with Gasteiger partial charge in [-0.2, -0.15) is 4.39 Å². The van der Waals surface area contributed by atoms with E-state index in [0.717, 1.165) is 6.07 Å². The number of nitrogens with zero attached hydrogens (tertiary/aromatic N) is 1. The average Bonchev–Trinajstić information content (AvgIpc) is 1.99. The Hall–Kier alpha value is -1.04. The molecule has 0 aromatic heterocycles. The largest absolute Gasteiger partial charge is 0.308 e. The fraction of sp³-hybridized carbons (Fsp3) is 0.333. The number of halogens is 3. The molecule has 1 atom stereocenters. The van der Waals surface area contributed by atoms with Crippen molar-refractivity contribution in [3.63, 3.8) is 0 Å². The zero-order chi connectivity index (χ0) is 11.6. The van der Waals surface area contributed by atoms with Gasteiger partial charge in [0, 0.05) is 16.5 Å². The van der Waals surface area contributed by atoms with Crippen molar-refractivity contribution in [3.05, 3.63) is 39.4 Å². The summed E-state index contributed by atoms with van der Waals surface area (Å²) in [4.78, 5) is 9.64. The molecule has 0 aliphatic heterocycles. The van der Waals surface area contributed by atoms with Gasteiger partial charge in [-0.1, -0.05) is 22.9 Å². The van der Waals surface area contributed by atoms with Crippen LogP contribution >= 0.6 is 15.9 Å². The van der Waals surface area contributed by atoms with Gasteiger partial charge in [0.15, 0.2) is 0 Å². The van der Waals surface area contributed by atoms with Gasteiger partial charge < -0.3 is 0 Å². The Balaban J connectivity index is 3.27. The van der Waals surface area contributed by atoms with Gasteiger partial charge in [-0.3, -0.25) is 10.1 Å². The third-order valence-electron chi connectivity index (χ3n) is 1.79. The Morgan fingerprint density at radius 3 is 2.60 bits per heavy atom. The fourth-order valence-corrected chi connectivity index (χ4v) is 1.63. The highest BCUT2D eigenvalue weighted by molar-refractivity contribution is 9.09. The Kier molecular flexibility index (Phi) is 3.73. The minimum absolute atomic E-state index is 0.0573. The van der Waals surface area contributed by atoms with Crippen LogP contribution in [0.3, 0.4) is 0 Å². The first kappa shape index (κ1) is 12.0. The first-order chi connectivity index (χ1) is 6.91. The maximum Gasteiger partial charge on any atom is 0.308 e. The van der Waals surface area contributed by atoms with E-state index in [9.17, 15) is 18.9 Å². The van der Waals surface area contributed by atoms with Gasteiger partial charge in [0.25, 0.3) is 0 Å². The van der Waals surface area contributed by atoms with Crippen LogP contribution in [0.4, 0.5) is 14.5 Å². The molecule has 0 aliphatic carbocycles. The molecule has 0 saturated carbocycles. The molecule has 0 bridgehead atoms. The summed E-state index contributed by atoms with van der Waals surface area (Å²) in [6, 6.07) is 1.50. The minimum atomic E-state index is -1.14. The van der Waals surface area contributed by atoms with Crippen molar-refractivity contribution in [1.82, 2.24) is 0 Å². The van der Waals surface area contributed by atoms with Gasteiger partial charge in [-0.15, -0.1) is 0 Å². The van der Waals surface area contributed by atoms with Crippen LogP contribution in [0.2, 0.25) is 0 Å². The van der Waals surface area contributed by atoms with E-state index >= 15 is 0 Å².